The first-order valence-corrected chi connectivity index (χ1v) is 10.0. The molecule has 0 spiro atoms. The van der Waals surface area contributed by atoms with Gasteiger partial charge in [-0.05, 0) is 39.2 Å². The molecular formula is C19H26N4O3S. The highest BCUT2D eigenvalue weighted by atomic mass is 32.1. The number of fused-ring (bicyclic) bond motifs is 1. The van der Waals surface area contributed by atoms with E-state index in [1.807, 2.05) is 6.92 Å². The highest BCUT2D eigenvalue weighted by Crippen LogP contribution is 2.35. The van der Waals surface area contributed by atoms with Crippen molar-refractivity contribution < 1.29 is 14.3 Å². The minimum Gasteiger partial charge on any atom is -0.469 e. The normalized spacial score (nSPS) is 16.4. The van der Waals surface area contributed by atoms with Crippen LogP contribution < -0.4 is 10.2 Å². The Morgan fingerprint density at radius 3 is 2.70 bits per heavy atom. The number of nitrogens with one attached hydrogen (secondary N) is 1. The number of amides is 1. The third kappa shape index (κ3) is 4.21. The smallest absolute Gasteiger partial charge is 0.307 e. The molecule has 1 N–H and O–H groups in total. The Morgan fingerprint density at radius 2 is 2.04 bits per heavy atom. The zero-order valence-electron chi connectivity index (χ0n) is 16.2. The summed E-state index contributed by atoms with van der Waals surface area (Å²) >= 11 is 1.70. The minimum absolute atomic E-state index is 0.0152. The summed E-state index contributed by atoms with van der Waals surface area (Å²) in [4.78, 5) is 37.3. The second kappa shape index (κ2) is 8.21. The number of ether oxygens (including phenoxy) is 1. The van der Waals surface area contributed by atoms with E-state index in [2.05, 4.69) is 38.8 Å². The van der Waals surface area contributed by atoms with Gasteiger partial charge in [0.2, 0.25) is 5.91 Å². The zero-order valence-corrected chi connectivity index (χ0v) is 17.1. The molecule has 2 aromatic rings. The quantitative estimate of drug-likeness (QED) is 0.790. The third-order valence-electron chi connectivity index (χ3n) is 5.20. The second-order valence-corrected chi connectivity index (χ2v) is 8.32. The van der Waals surface area contributed by atoms with Gasteiger partial charge < -0.3 is 15.0 Å². The fraction of sp³-hybridized carbons (Fsp3) is 0.579. The fourth-order valence-corrected chi connectivity index (χ4v) is 4.49. The lowest BCUT2D eigenvalue weighted by Crippen LogP contribution is -2.44. The van der Waals surface area contributed by atoms with Crippen LogP contribution in [0.1, 0.15) is 36.6 Å². The monoisotopic (exact) mass is 390 g/mol. The van der Waals surface area contributed by atoms with Crippen molar-refractivity contribution in [2.75, 3.05) is 25.1 Å². The number of methoxy groups -OCH3 is 1. The Balaban J connectivity index is 1.62. The highest BCUT2D eigenvalue weighted by Gasteiger charge is 2.28. The molecule has 0 saturated carbocycles. The summed E-state index contributed by atoms with van der Waals surface area (Å²) in [6.45, 7) is 7.61. The second-order valence-electron chi connectivity index (χ2n) is 7.11. The van der Waals surface area contributed by atoms with Gasteiger partial charge in [-0.3, -0.25) is 9.59 Å². The van der Waals surface area contributed by atoms with Gasteiger partial charge in [-0.1, -0.05) is 0 Å². The Hall–Kier alpha value is -2.22. The molecule has 1 fully saturated rings. The van der Waals surface area contributed by atoms with E-state index in [1.54, 1.807) is 17.7 Å². The first-order valence-electron chi connectivity index (χ1n) is 9.23. The van der Waals surface area contributed by atoms with Crippen LogP contribution in [0.25, 0.3) is 10.2 Å². The van der Waals surface area contributed by atoms with E-state index < -0.39 is 0 Å². The molecule has 27 heavy (non-hydrogen) atoms. The molecule has 1 aliphatic heterocycles. The molecule has 3 rings (SSSR count). The summed E-state index contributed by atoms with van der Waals surface area (Å²) in [6, 6.07) is -0.221. The van der Waals surface area contributed by atoms with Crippen LogP contribution >= 0.6 is 11.3 Å². The Bertz CT molecular complexity index is 843. The van der Waals surface area contributed by atoms with Crippen LogP contribution in [-0.2, 0) is 14.3 Å². The number of hydrogen-bond acceptors (Lipinski definition) is 7. The van der Waals surface area contributed by atoms with Crippen LogP contribution in [-0.4, -0.2) is 48.1 Å². The maximum Gasteiger partial charge on any atom is 0.307 e. The molecule has 7 nitrogen and oxygen atoms in total. The average molecular weight is 391 g/mol. The van der Waals surface area contributed by atoms with Gasteiger partial charge in [0.05, 0.1) is 18.9 Å². The molecule has 1 unspecified atom stereocenters. The first-order chi connectivity index (χ1) is 12.9. The fourth-order valence-electron chi connectivity index (χ4n) is 3.50. The predicted molar refractivity (Wildman–Crippen MR) is 106 cm³/mol. The predicted octanol–water partition coefficient (Wildman–Crippen LogP) is 2.59. The van der Waals surface area contributed by atoms with E-state index in [0.29, 0.717) is 0 Å². The number of nitrogens with zero attached hydrogens (tertiary/aromatic N) is 3. The van der Waals surface area contributed by atoms with Crippen LogP contribution in [0.15, 0.2) is 6.33 Å². The van der Waals surface area contributed by atoms with Crippen LogP contribution in [0, 0.1) is 19.8 Å². The van der Waals surface area contributed by atoms with Crippen molar-refractivity contribution in [3.63, 3.8) is 0 Å². The van der Waals surface area contributed by atoms with Crippen molar-refractivity contribution in [1.29, 1.82) is 0 Å². The summed E-state index contributed by atoms with van der Waals surface area (Å²) in [5.74, 6) is 0.636. The standard InChI is InChI=1S/C19H26N4O3S/c1-11(9-15(24)26-4)22-18(25)14-5-7-23(8-6-14)17-16-12(2)13(3)27-19(16)21-10-20-17/h10-11,14H,5-9H2,1-4H3,(H,22,25). The number of esters is 1. The highest BCUT2D eigenvalue weighted by molar-refractivity contribution is 7.18. The van der Waals surface area contributed by atoms with Crippen LogP contribution in [0.4, 0.5) is 5.82 Å². The minimum atomic E-state index is -0.313. The van der Waals surface area contributed by atoms with Gasteiger partial charge in [0.25, 0.3) is 0 Å². The molecule has 1 aliphatic rings. The number of thiophene rings is 1. The van der Waals surface area contributed by atoms with Crippen molar-refractivity contribution in [3.05, 3.63) is 16.8 Å². The Morgan fingerprint density at radius 1 is 1.33 bits per heavy atom. The third-order valence-corrected chi connectivity index (χ3v) is 6.32. The lowest BCUT2D eigenvalue weighted by Gasteiger charge is -2.33. The number of piperidine rings is 1. The van der Waals surface area contributed by atoms with Crippen LogP contribution in [0.5, 0.6) is 0 Å². The van der Waals surface area contributed by atoms with Crippen molar-refractivity contribution in [2.24, 2.45) is 5.92 Å². The molecule has 1 atom stereocenters. The molecule has 0 aromatic carbocycles. The van der Waals surface area contributed by atoms with Gasteiger partial charge in [0, 0.05) is 29.9 Å². The molecule has 8 heteroatoms. The number of aromatic nitrogens is 2. The number of carbonyl (C=O) groups excluding carboxylic acids is 2. The average Bonchev–Trinajstić information content (AvgIpc) is 2.95. The van der Waals surface area contributed by atoms with E-state index in [1.165, 1.54) is 17.6 Å². The van der Waals surface area contributed by atoms with E-state index in [-0.39, 0.29) is 30.3 Å². The van der Waals surface area contributed by atoms with E-state index >= 15 is 0 Å². The van der Waals surface area contributed by atoms with Crippen molar-refractivity contribution in [3.8, 4) is 0 Å². The number of hydrogen-bond donors (Lipinski definition) is 1. The number of aryl methyl sites for hydroxylation is 2. The Labute approximate surface area is 163 Å². The van der Waals surface area contributed by atoms with E-state index in [0.717, 1.165) is 42.0 Å². The lowest BCUT2D eigenvalue weighted by atomic mass is 9.95. The molecule has 1 saturated heterocycles. The molecule has 0 radical (unpaired) electrons. The van der Waals surface area contributed by atoms with Gasteiger partial charge in [-0.2, -0.15) is 0 Å². The zero-order chi connectivity index (χ0) is 19.6. The van der Waals surface area contributed by atoms with Crippen LogP contribution in [0.2, 0.25) is 0 Å². The van der Waals surface area contributed by atoms with E-state index in [9.17, 15) is 9.59 Å². The summed E-state index contributed by atoms with van der Waals surface area (Å²) in [7, 11) is 1.35. The summed E-state index contributed by atoms with van der Waals surface area (Å²) in [5, 5.41) is 4.06. The van der Waals surface area contributed by atoms with Gasteiger partial charge in [-0.15, -0.1) is 11.3 Å². The van der Waals surface area contributed by atoms with Crippen molar-refractivity contribution in [1.82, 2.24) is 15.3 Å². The maximum absolute atomic E-state index is 12.5. The molecular weight excluding hydrogens is 364 g/mol. The van der Waals surface area contributed by atoms with Gasteiger partial charge >= 0.3 is 5.97 Å². The van der Waals surface area contributed by atoms with E-state index in [4.69, 9.17) is 0 Å². The Kier molecular flexibility index (Phi) is 5.94. The number of rotatable bonds is 5. The molecule has 2 aromatic heterocycles. The van der Waals surface area contributed by atoms with Gasteiger partial charge in [0.15, 0.2) is 0 Å². The summed E-state index contributed by atoms with van der Waals surface area (Å²) in [6.07, 6.45) is 3.35. The topological polar surface area (TPSA) is 84.4 Å². The van der Waals surface area contributed by atoms with Crippen molar-refractivity contribution in [2.45, 2.75) is 46.1 Å². The molecule has 1 amide bonds. The van der Waals surface area contributed by atoms with Gasteiger partial charge in [-0.25, -0.2) is 9.97 Å². The number of anilines is 1. The largest absolute Gasteiger partial charge is 0.469 e. The first kappa shape index (κ1) is 19.5. The summed E-state index contributed by atoms with van der Waals surface area (Å²) in [5.41, 5.74) is 1.24. The SMILES string of the molecule is COC(=O)CC(C)NC(=O)C1CCN(c2ncnc3sc(C)c(C)c23)CC1. The molecule has 0 bridgehead atoms. The van der Waals surface area contributed by atoms with Crippen LogP contribution in [0.3, 0.4) is 0 Å². The van der Waals surface area contributed by atoms with Crippen molar-refractivity contribution >= 4 is 39.2 Å². The molecule has 146 valence electrons. The molecule has 0 aliphatic carbocycles. The van der Waals surface area contributed by atoms with Gasteiger partial charge in [0.1, 0.15) is 17.0 Å². The molecule has 3 heterocycles. The maximum atomic E-state index is 12.5. The number of carbonyl (C=O) groups is 2. The summed E-state index contributed by atoms with van der Waals surface area (Å²) < 4.78 is 4.65. The lowest BCUT2D eigenvalue weighted by molar-refractivity contribution is -0.141.